The Bertz CT molecular complexity index is 884. The van der Waals surface area contributed by atoms with Gasteiger partial charge in [0, 0.05) is 22.7 Å². The minimum atomic E-state index is -0.704. The molecule has 6 rings (SSSR count). The van der Waals surface area contributed by atoms with E-state index in [-0.39, 0.29) is 18.4 Å². The number of aliphatic hydroxyl groups is 1. The molecule has 26 heavy (non-hydrogen) atoms. The fourth-order valence-corrected chi connectivity index (χ4v) is 6.12. The number of fused-ring (bicyclic) bond motifs is 1. The van der Waals surface area contributed by atoms with Gasteiger partial charge in [0.15, 0.2) is 6.61 Å². The van der Waals surface area contributed by atoms with E-state index >= 15 is 0 Å². The van der Waals surface area contributed by atoms with Crippen LogP contribution < -0.4 is 0 Å². The molecule has 0 aliphatic heterocycles. The molecular weight excluding hydrogens is 330 g/mol. The Hall–Kier alpha value is -2.14. The van der Waals surface area contributed by atoms with E-state index in [1.54, 1.807) is 6.20 Å². The molecule has 2 unspecified atom stereocenters. The minimum absolute atomic E-state index is 0.195. The molecule has 1 heterocycles. The number of nitrogens with one attached hydrogen (secondary N) is 1. The van der Waals surface area contributed by atoms with Crippen LogP contribution in [0.5, 0.6) is 0 Å². The minimum Gasteiger partial charge on any atom is -0.457 e. The third-order valence-electron chi connectivity index (χ3n) is 6.69. The first-order valence-corrected chi connectivity index (χ1v) is 9.45. The Kier molecular flexibility index (Phi) is 3.35. The van der Waals surface area contributed by atoms with Gasteiger partial charge in [-0.05, 0) is 56.4 Å². The van der Waals surface area contributed by atoms with E-state index in [0.29, 0.717) is 23.8 Å². The van der Waals surface area contributed by atoms with E-state index < -0.39 is 11.0 Å². The monoisotopic (exact) mass is 353 g/mol. The van der Waals surface area contributed by atoms with E-state index in [1.165, 1.54) is 0 Å². The van der Waals surface area contributed by atoms with Crippen LogP contribution in [0.2, 0.25) is 0 Å². The van der Waals surface area contributed by atoms with Gasteiger partial charge in [-0.15, -0.1) is 0 Å². The summed E-state index contributed by atoms with van der Waals surface area (Å²) in [4.78, 5) is 28.5. The number of benzene rings is 1. The largest absolute Gasteiger partial charge is 0.457 e. The summed E-state index contributed by atoms with van der Waals surface area (Å²) in [6.45, 7) is -0.240. The lowest BCUT2D eigenvalue weighted by atomic mass is 9.48. The zero-order chi connectivity index (χ0) is 17.9. The molecular formula is C21H23NO4. The summed E-state index contributed by atoms with van der Waals surface area (Å²) in [5.74, 6) is 0.341. The second-order valence-corrected chi connectivity index (χ2v) is 8.71. The first-order chi connectivity index (χ1) is 12.5. The van der Waals surface area contributed by atoms with Crippen molar-refractivity contribution in [3.63, 3.8) is 0 Å². The number of H-pyrrole nitrogens is 1. The number of hydrogen-bond donors (Lipinski definition) is 2. The predicted octanol–water partition coefficient (Wildman–Crippen LogP) is 3.23. The van der Waals surface area contributed by atoms with Crippen molar-refractivity contribution in [1.82, 2.24) is 4.98 Å². The molecule has 4 atom stereocenters. The standard InChI is InChI=1S/C21H23NO4/c23-18(16-10-22-17-4-2-1-3-15(16)17)11-26-19(24)20-6-13-5-14(7-20)9-21(25,8-13)12-20/h1-4,10,13-14,22,25H,5-9,11-12H2/t13-,14+,20?,21?. The molecule has 0 amide bonds. The Morgan fingerprint density at radius 3 is 2.62 bits per heavy atom. The smallest absolute Gasteiger partial charge is 0.312 e. The number of aromatic amines is 1. The number of rotatable bonds is 4. The normalized spacial score (nSPS) is 35.0. The maximum absolute atomic E-state index is 12.9. The van der Waals surface area contributed by atoms with E-state index in [2.05, 4.69) is 4.98 Å². The molecule has 1 aromatic carbocycles. The molecule has 4 bridgehead atoms. The average molecular weight is 353 g/mol. The van der Waals surface area contributed by atoms with Crippen molar-refractivity contribution in [3.05, 3.63) is 36.0 Å². The lowest BCUT2D eigenvalue weighted by molar-refractivity contribution is -0.195. The molecule has 4 fully saturated rings. The van der Waals surface area contributed by atoms with E-state index in [1.807, 2.05) is 24.3 Å². The first kappa shape index (κ1) is 16.1. The van der Waals surface area contributed by atoms with Gasteiger partial charge in [-0.3, -0.25) is 9.59 Å². The van der Waals surface area contributed by atoms with Crippen LogP contribution in [0.25, 0.3) is 10.9 Å². The Morgan fingerprint density at radius 1 is 1.15 bits per heavy atom. The highest BCUT2D eigenvalue weighted by molar-refractivity contribution is 6.08. The van der Waals surface area contributed by atoms with Crippen molar-refractivity contribution in [2.45, 2.75) is 44.1 Å². The van der Waals surface area contributed by atoms with Gasteiger partial charge in [-0.2, -0.15) is 0 Å². The molecule has 1 aromatic heterocycles. The van der Waals surface area contributed by atoms with Crippen molar-refractivity contribution in [2.75, 3.05) is 6.61 Å². The predicted molar refractivity (Wildman–Crippen MR) is 95.7 cm³/mol. The number of aromatic nitrogens is 1. The summed E-state index contributed by atoms with van der Waals surface area (Å²) >= 11 is 0. The van der Waals surface area contributed by atoms with E-state index in [9.17, 15) is 14.7 Å². The SMILES string of the molecule is O=C(COC(=O)C12C[C@@H]3C[C@@H](CC(O)(C3)C1)C2)c1c[nH]c2ccccc12. The van der Waals surface area contributed by atoms with Crippen molar-refractivity contribution in [2.24, 2.45) is 17.3 Å². The molecule has 5 heteroatoms. The van der Waals surface area contributed by atoms with Crippen LogP contribution in [0.3, 0.4) is 0 Å². The second-order valence-electron chi connectivity index (χ2n) is 8.71. The van der Waals surface area contributed by atoms with Gasteiger partial charge in [-0.1, -0.05) is 18.2 Å². The lowest BCUT2D eigenvalue weighted by Crippen LogP contribution is -2.58. The van der Waals surface area contributed by atoms with Crippen LogP contribution in [0.4, 0.5) is 0 Å². The fourth-order valence-electron chi connectivity index (χ4n) is 6.12. The molecule has 4 aliphatic carbocycles. The molecule has 4 aliphatic rings. The van der Waals surface area contributed by atoms with Crippen molar-refractivity contribution >= 4 is 22.7 Å². The summed E-state index contributed by atoms with van der Waals surface area (Å²) < 4.78 is 5.49. The van der Waals surface area contributed by atoms with Crippen molar-refractivity contribution in [3.8, 4) is 0 Å². The van der Waals surface area contributed by atoms with E-state index in [0.717, 1.165) is 43.0 Å². The van der Waals surface area contributed by atoms with Crippen LogP contribution in [0.1, 0.15) is 48.9 Å². The number of carbonyl (C=O) groups excluding carboxylic acids is 2. The highest BCUT2D eigenvalue weighted by Crippen LogP contribution is 2.61. The van der Waals surface area contributed by atoms with Gasteiger partial charge in [0.1, 0.15) is 0 Å². The molecule has 5 nitrogen and oxygen atoms in total. The molecule has 0 radical (unpaired) electrons. The zero-order valence-corrected chi connectivity index (χ0v) is 14.7. The summed E-state index contributed by atoms with van der Waals surface area (Å²) in [5.41, 5.74) is 0.159. The number of ether oxygens (including phenoxy) is 1. The van der Waals surface area contributed by atoms with Gasteiger partial charge >= 0.3 is 5.97 Å². The maximum atomic E-state index is 12.9. The van der Waals surface area contributed by atoms with Crippen LogP contribution in [0, 0.1) is 17.3 Å². The summed E-state index contributed by atoms with van der Waals surface area (Å²) in [7, 11) is 0. The second kappa shape index (κ2) is 5.43. The summed E-state index contributed by atoms with van der Waals surface area (Å²) in [5, 5.41) is 11.6. The highest BCUT2D eigenvalue weighted by atomic mass is 16.5. The van der Waals surface area contributed by atoms with Gasteiger partial charge in [0.2, 0.25) is 5.78 Å². The average Bonchev–Trinajstić information content (AvgIpc) is 3.01. The highest BCUT2D eigenvalue weighted by Gasteiger charge is 2.60. The number of carbonyl (C=O) groups is 2. The Labute approximate surface area is 151 Å². The fraction of sp³-hybridized carbons (Fsp3) is 0.524. The lowest BCUT2D eigenvalue weighted by Gasteiger charge is -2.58. The Morgan fingerprint density at radius 2 is 1.88 bits per heavy atom. The number of para-hydroxylation sites is 1. The molecule has 0 saturated heterocycles. The van der Waals surface area contributed by atoms with Crippen molar-refractivity contribution in [1.29, 1.82) is 0 Å². The molecule has 2 aromatic rings. The quantitative estimate of drug-likeness (QED) is 0.653. The molecule has 2 N–H and O–H groups in total. The number of Topliss-reactive ketones (excluding diaryl/α,β-unsaturated/α-hetero) is 1. The van der Waals surface area contributed by atoms with E-state index in [4.69, 9.17) is 4.74 Å². The van der Waals surface area contributed by atoms with Crippen molar-refractivity contribution < 1.29 is 19.4 Å². The Balaban J connectivity index is 1.31. The number of esters is 1. The number of hydrogen-bond acceptors (Lipinski definition) is 4. The van der Waals surface area contributed by atoms with Crippen LogP contribution >= 0.6 is 0 Å². The van der Waals surface area contributed by atoms with Gasteiger partial charge in [0.05, 0.1) is 11.0 Å². The third-order valence-corrected chi connectivity index (χ3v) is 6.69. The first-order valence-electron chi connectivity index (χ1n) is 9.45. The zero-order valence-electron chi connectivity index (χ0n) is 14.7. The van der Waals surface area contributed by atoms with Gasteiger partial charge in [-0.25, -0.2) is 0 Å². The van der Waals surface area contributed by atoms with Gasteiger partial charge in [0.25, 0.3) is 0 Å². The van der Waals surface area contributed by atoms with Gasteiger partial charge < -0.3 is 14.8 Å². The summed E-state index contributed by atoms with van der Waals surface area (Å²) in [6, 6.07) is 7.59. The van der Waals surface area contributed by atoms with Crippen LogP contribution in [-0.2, 0) is 9.53 Å². The van der Waals surface area contributed by atoms with Crippen LogP contribution in [0.15, 0.2) is 30.5 Å². The molecule has 0 spiro atoms. The molecule has 4 saturated carbocycles. The maximum Gasteiger partial charge on any atom is 0.312 e. The van der Waals surface area contributed by atoms with Crippen LogP contribution in [-0.4, -0.2) is 34.1 Å². The number of ketones is 1. The molecule has 136 valence electrons. The topological polar surface area (TPSA) is 79.4 Å². The third kappa shape index (κ3) is 2.41. The summed E-state index contributed by atoms with van der Waals surface area (Å²) in [6.07, 6.45) is 6.50.